The zero-order chi connectivity index (χ0) is 12.0. The van der Waals surface area contributed by atoms with Gasteiger partial charge in [-0.3, -0.25) is 0 Å². The Bertz CT molecular complexity index is 313. The minimum absolute atomic E-state index is 0.403. The van der Waals surface area contributed by atoms with Crippen molar-refractivity contribution in [2.75, 3.05) is 6.54 Å². The Balaban J connectivity index is 2.37. The van der Waals surface area contributed by atoms with Crippen molar-refractivity contribution in [3.05, 3.63) is 35.4 Å². The number of nitrogens with two attached hydrogens (primary N) is 1. The summed E-state index contributed by atoms with van der Waals surface area (Å²) in [5, 5.41) is 3.48. The summed E-state index contributed by atoms with van der Waals surface area (Å²) in [7, 11) is 0. The highest BCUT2D eigenvalue weighted by atomic mass is 14.8. The standard InChI is InChI=1S/C14H24N2/c1-14(2,3)8-9-16-11-13-7-5-4-6-12(13)10-15/h4-7,16H,8-11,15H2,1-3H3. The van der Waals surface area contributed by atoms with E-state index >= 15 is 0 Å². The molecule has 0 aliphatic heterocycles. The van der Waals surface area contributed by atoms with Crippen molar-refractivity contribution in [2.45, 2.75) is 40.3 Å². The lowest BCUT2D eigenvalue weighted by molar-refractivity contribution is 0.366. The van der Waals surface area contributed by atoms with E-state index in [2.05, 4.69) is 44.3 Å². The van der Waals surface area contributed by atoms with Crippen LogP contribution in [0, 0.1) is 5.41 Å². The number of hydrogen-bond donors (Lipinski definition) is 2. The molecule has 0 radical (unpaired) electrons. The summed E-state index contributed by atoms with van der Waals surface area (Å²) in [5.74, 6) is 0. The van der Waals surface area contributed by atoms with Gasteiger partial charge in [-0.25, -0.2) is 0 Å². The third-order valence-corrected chi connectivity index (χ3v) is 2.71. The zero-order valence-electron chi connectivity index (χ0n) is 10.7. The Hall–Kier alpha value is -0.860. The molecule has 0 saturated heterocycles. The van der Waals surface area contributed by atoms with Gasteiger partial charge in [-0.05, 0) is 29.5 Å². The molecule has 2 nitrogen and oxygen atoms in total. The van der Waals surface area contributed by atoms with E-state index in [-0.39, 0.29) is 0 Å². The van der Waals surface area contributed by atoms with Crippen molar-refractivity contribution in [3.8, 4) is 0 Å². The van der Waals surface area contributed by atoms with E-state index in [9.17, 15) is 0 Å². The second kappa shape index (κ2) is 6.02. The quantitative estimate of drug-likeness (QED) is 0.749. The van der Waals surface area contributed by atoms with Crippen LogP contribution in [0.4, 0.5) is 0 Å². The van der Waals surface area contributed by atoms with Gasteiger partial charge in [0, 0.05) is 13.1 Å². The average molecular weight is 220 g/mol. The third kappa shape index (κ3) is 4.77. The molecule has 0 heterocycles. The van der Waals surface area contributed by atoms with Crippen molar-refractivity contribution in [1.82, 2.24) is 5.32 Å². The van der Waals surface area contributed by atoms with Crippen molar-refractivity contribution < 1.29 is 0 Å². The molecule has 0 bridgehead atoms. The average Bonchev–Trinajstić information content (AvgIpc) is 2.23. The molecular weight excluding hydrogens is 196 g/mol. The Morgan fingerprint density at radius 2 is 1.75 bits per heavy atom. The van der Waals surface area contributed by atoms with Crippen LogP contribution in [0.5, 0.6) is 0 Å². The highest BCUT2D eigenvalue weighted by molar-refractivity contribution is 5.26. The van der Waals surface area contributed by atoms with Crippen LogP contribution < -0.4 is 11.1 Å². The first kappa shape index (κ1) is 13.2. The second-order valence-electron chi connectivity index (χ2n) is 5.46. The molecule has 1 aromatic carbocycles. The fraction of sp³-hybridized carbons (Fsp3) is 0.571. The first-order valence-electron chi connectivity index (χ1n) is 6.00. The lowest BCUT2D eigenvalue weighted by Gasteiger charge is -2.18. The van der Waals surface area contributed by atoms with Gasteiger partial charge in [-0.2, -0.15) is 0 Å². The Morgan fingerprint density at radius 3 is 2.31 bits per heavy atom. The summed E-state index contributed by atoms with van der Waals surface area (Å²) in [5.41, 5.74) is 8.66. The van der Waals surface area contributed by atoms with Crippen LogP contribution in [0.1, 0.15) is 38.3 Å². The SMILES string of the molecule is CC(C)(C)CCNCc1ccccc1CN. The van der Waals surface area contributed by atoms with E-state index < -0.39 is 0 Å². The highest BCUT2D eigenvalue weighted by Crippen LogP contribution is 2.17. The number of hydrogen-bond acceptors (Lipinski definition) is 2. The Kier molecular flexibility index (Phi) is 4.97. The summed E-state index contributed by atoms with van der Waals surface area (Å²) >= 11 is 0. The molecule has 2 heteroatoms. The van der Waals surface area contributed by atoms with Gasteiger partial charge >= 0.3 is 0 Å². The lowest BCUT2D eigenvalue weighted by Crippen LogP contribution is -2.21. The molecule has 16 heavy (non-hydrogen) atoms. The first-order valence-corrected chi connectivity index (χ1v) is 6.00. The maximum atomic E-state index is 5.70. The molecule has 0 saturated carbocycles. The van der Waals surface area contributed by atoms with Gasteiger partial charge < -0.3 is 11.1 Å². The van der Waals surface area contributed by atoms with E-state index in [1.807, 2.05) is 6.07 Å². The van der Waals surface area contributed by atoms with E-state index in [4.69, 9.17) is 5.73 Å². The fourth-order valence-corrected chi connectivity index (χ4v) is 1.62. The Morgan fingerprint density at radius 1 is 1.12 bits per heavy atom. The van der Waals surface area contributed by atoms with Crippen molar-refractivity contribution in [2.24, 2.45) is 11.1 Å². The van der Waals surface area contributed by atoms with E-state index in [1.54, 1.807) is 0 Å². The minimum atomic E-state index is 0.403. The van der Waals surface area contributed by atoms with Crippen LogP contribution in [0.25, 0.3) is 0 Å². The maximum absolute atomic E-state index is 5.70. The molecular formula is C14H24N2. The predicted molar refractivity (Wildman–Crippen MR) is 70.1 cm³/mol. The molecule has 0 aromatic heterocycles. The zero-order valence-corrected chi connectivity index (χ0v) is 10.7. The van der Waals surface area contributed by atoms with Crippen LogP contribution >= 0.6 is 0 Å². The van der Waals surface area contributed by atoms with Gasteiger partial charge in [0.15, 0.2) is 0 Å². The largest absolute Gasteiger partial charge is 0.326 e. The number of rotatable bonds is 5. The summed E-state index contributed by atoms with van der Waals surface area (Å²) < 4.78 is 0. The van der Waals surface area contributed by atoms with Gasteiger partial charge in [0.1, 0.15) is 0 Å². The van der Waals surface area contributed by atoms with Crippen molar-refractivity contribution in [3.63, 3.8) is 0 Å². The molecule has 0 aliphatic carbocycles. The molecule has 1 aromatic rings. The molecule has 0 atom stereocenters. The maximum Gasteiger partial charge on any atom is 0.0208 e. The van der Waals surface area contributed by atoms with Gasteiger partial charge in [-0.15, -0.1) is 0 Å². The van der Waals surface area contributed by atoms with E-state index in [1.165, 1.54) is 17.5 Å². The lowest BCUT2D eigenvalue weighted by atomic mass is 9.92. The number of benzene rings is 1. The summed E-state index contributed by atoms with van der Waals surface area (Å²) in [6.45, 7) is 9.40. The van der Waals surface area contributed by atoms with Gasteiger partial charge in [0.05, 0.1) is 0 Å². The minimum Gasteiger partial charge on any atom is -0.326 e. The van der Waals surface area contributed by atoms with E-state index in [0.29, 0.717) is 12.0 Å². The molecule has 0 fully saturated rings. The molecule has 0 unspecified atom stereocenters. The fourth-order valence-electron chi connectivity index (χ4n) is 1.62. The third-order valence-electron chi connectivity index (χ3n) is 2.71. The normalized spacial score (nSPS) is 11.8. The molecule has 3 N–H and O–H groups in total. The predicted octanol–water partition coefficient (Wildman–Crippen LogP) is 2.67. The van der Waals surface area contributed by atoms with Crippen LogP contribution in [0.15, 0.2) is 24.3 Å². The van der Waals surface area contributed by atoms with Gasteiger partial charge in [-0.1, -0.05) is 45.0 Å². The van der Waals surface area contributed by atoms with E-state index in [0.717, 1.165) is 13.1 Å². The van der Waals surface area contributed by atoms with Crippen LogP contribution in [0.2, 0.25) is 0 Å². The Labute approximate surface area is 99.2 Å². The summed E-state index contributed by atoms with van der Waals surface area (Å²) in [6.07, 6.45) is 1.19. The monoisotopic (exact) mass is 220 g/mol. The number of nitrogens with one attached hydrogen (secondary N) is 1. The van der Waals surface area contributed by atoms with Crippen LogP contribution in [-0.4, -0.2) is 6.54 Å². The van der Waals surface area contributed by atoms with Crippen LogP contribution in [0.3, 0.4) is 0 Å². The molecule has 0 amide bonds. The molecule has 0 aliphatic rings. The first-order chi connectivity index (χ1) is 7.53. The highest BCUT2D eigenvalue weighted by Gasteiger charge is 2.08. The second-order valence-corrected chi connectivity index (χ2v) is 5.46. The van der Waals surface area contributed by atoms with Crippen LogP contribution in [-0.2, 0) is 13.1 Å². The van der Waals surface area contributed by atoms with Gasteiger partial charge in [0.25, 0.3) is 0 Å². The topological polar surface area (TPSA) is 38.0 Å². The molecule has 0 spiro atoms. The smallest absolute Gasteiger partial charge is 0.0208 e. The van der Waals surface area contributed by atoms with Gasteiger partial charge in [0.2, 0.25) is 0 Å². The molecule has 90 valence electrons. The molecule has 1 rings (SSSR count). The summed E-state index contributed by atoms with van der Waals surface area (Å²) in [4.78, 5) is 0. The van der Waals surface area contributed by atoms with Crippen molar-refractivity contribution in [1.29, 1.82) is 0 Å². The van der Waals surface area contributed by atoms with Crippen molar-refractivity contribution >= 4 is 0 Å². The summed E-state index contributed by atoms with van der Waals surface area (Å²) in [6, 6.07) is 8.35.